The number of non-ortho nitro benzene ring substituents is 1. The number of fused-ring (bicyclic) bond motifs is 1. The van der Waals surface area contributed by atoms with E-state index in [0.29, 0.717) is 12.1 Å². The van der Waals surface area contributed by atoms with Crippen LogP contribution in [0, 0.1) is 17.0 Å². The average molecular weight is 363 g/mol. The van der Waals surface area contributed by atoms with Gasteiger partial charge in [0.25, 0.3) is 5.69 Å². The first-order valence-electron chi connectivity index (χ1n) is 9.10. The molecule has 7 heteroatoms. The number of para-hydroxylation sites is 1. The van der Waals surface area contributed by atoms with Gasteiger partial charge in [0.2, 0.25) is 0 Å². The summed E-state index contributed by atoms with van der Waals surface area (Å²) < 4.78 is 0. The number of benzene rings is 1. The summed E-state index contributed by atoms with van der Waals surface area (Å²) in [4.78, 5) is 22.1. The highest BCUT2D eigenvalue weighted by Gasteiger charge is 2.16. The van der Waals surface area contributed by atoms with Crippen LogP contribution in [0.2, 0.25) is 0 Å². The summed E-state index contributed by atoms with van der Waals surface area (Å²) in [7, 11) is 0. The zero-order valence-corrected chi connectivity index (χ0v) is 15.2. The molecule has 0 spiro atoms. The Morgan fingerprint density at radius 1 is 1.22 bits per heavy atom. The lowest BCUT2D eigenvalue weighted by Crippen LogP contribution is -2.19. The van der Waals surface area contributed by atoms with Crippen LogP contribution >= 0.6 is 0 Å². The van der Waals surface area contributed by atoms with Crippen LogP contribution in [-0.2, 0) is 6.54 Å². The first kappa shape index (κ1) is 17.2. The predicted octanol–water partition coefficient (Wildman–Crippen LogP) is 4.06. The van der Waals surface area contributed by atoms with E-state index in [1.54, 1.807) is 6.07 Å². The van der Waals surface area contributed by atoms with E-state index in [0.717, 1.165) is 41.2 Å². The van der Waals surface area contributed by atoms with E-state index in [2.05, 4.69) is 26.3 Å². The van der Waals surface area contributed by atoms with Crippen molar-refractivity contribution in [1.29, 1.82) is 0 Å². The molecule has 1 aliphatic rings. The number of aromatic nitrogens is 2. The van der Waals surface area contributed by atoms with Gasteiger partial charge < -0.3 is 10.2 Å². The molecule has 3 heterocycles. The number of nitrogens with one attached hydrogen (secondary N) is 1. The van der Waals surface area contributed by atoms with E-state index < -0.39 is 0 Å². The zero-order valence-electron chi connectivity index (χ0n) is 15.2. The Labute approximate surface area is 157 Å². The van der Waals surface area contributed by atoms with Gasteiger partial charge in [-0.1, -0.05) is 12.1 Å². The Morgan fingerprint density at radius 2 is 2.04 bits per heavy atom. The van der Waals surface area contributed by atoms with Gasteiger partial charge in [-0.15, -0.1) is 0 Å². The second-order valence-electron chi connectivity index (χ2n) is 6.81. The third-order valence-corrected chi connectivity index (χ3v) is 4.87. The molecule has 0 radical (unpaired) electrons. The highest BCUT2D eigenvalue weighted by atomic mass is 16.6. The van der Waals surface area contributed by atoms with Crippen molar-refractivity contribution in [2.24, 2.45) is 0 Å². The third-order valence-electron chi connectivity index (χ3n) is 4.87. The summed E-state index contributed by atoms with van der Waals surface area (Å²) >= 11 is 0. The van der Waals surface area contributed by atoms with E-state index >= 15 is 0 Å². The van der Waals surface area contributed by atoms with Crippen molar-refractivity contribution in [3.63, 3.8) is 0 Å². The Kier molecular flexibility index (Phi) is 4.58. The number of nitrogens with zero attached hydrogens (tertiary/aromatic N) is 4. The molecule has 0 aliphatic carbocycles. The second kappa shape index (κ2) is 7.19. The minimum atomic E-state index is -0.385. The van der Waals surface area contributed by atoms with E-state index in [1.165, 1.54) is 18.9 Å². The van der Waals surface area contributed by atoms with E-state index in [1.807, 2.05) is 31.3 Å². The lowest BCUT2D eigenvalue weighted by Gasteiger charge is -2.17. The van der Waals surface area contributed by atoms with Crippen molar-refractivity contribution in [1.82, 2.24) is 9.97 Å². The van der Waals surface area contributed by atoms with Gasteiger partial charge in [0.15, 0.2) is 5.52 Å². The van der Waals surface area contributed by atoms with Gasteiger partial charge in [-0.2, -0.15) is 0 Å². The molecule has 7 nitrogen and oxygen atoms in total. The number of hydrogen-bond donors (Lipinski definition) is 1. The SMILES string of the molecule is Cc1cc(NCc2ccnc(N3CCCC3)c2)c2cccc([N+](=O)[O-])c2n1. The van der Waals surface area contributed by atoms with Crippen LogP contribution in [0.5, 0.6) is 0 Å². The minimum absolute atomic E-state index is 0.0273. The van der Waals surface area contributed by atoms with Gasteiger partial charge in [0, 0.05) is 48.7 Å². The molecule has 4 rings (SSSR count). The van der Waals surface area contributed by atoms with Crippen molar-refractivity contribution in [3.8, 4) is 0 Å². The molecule has 0 saturated carbocycles. The van der Waals surface area contributed by atoms with Gasteiger partial charge in [-0.05, 0) is 43.5 Å². The average Bonchev–Trinajstić information content (AvgIpc) is 3.20. The lowest BCUT2D eigenvalue weighted by atomic mass is 10.1. The molecule has 1 N–H and O–H groups in total. The standard InChI is InChI=1S/C20H21N5O2/c1-14-11-17(16-5-4-6-18(25(26)27)20(16)23-14)22-13-15-7-8-21-19(12-15)24-9-2-3-10-24/h4-8,11-12H,2-3,9-10,13H2,1H3,(H,22,23). The van der Waals surface area contributed by atoms with Gasteiger partial charge in [0.05, 0.1) is 4.92 Å². The number of nitro benzene ring substituents is 1. The highest BCUT2D eigenvalue weighted by molar-refractivity contribution is 5.96. The second-order valence-corrected chi connectivity index (χ2v) is 6.81. The van der Waals surface area contributed by atoms with Gasteiger partial charge in [-0.25, -0.2) is 9.97 Å². The van der Waals surface area contributed by atoms with Gasteiger partial charge >= 0.3 is 0 Å². The number of anilines is 2. The maximum atomic E-state index is 11.3. The van der Waals surface area contributed by atoms with Crippen LogP contribution in [0.3, 0.4) is 0 Å². The number of hydrogen-bond acceptors (Lipinski definition) is 6. The van der Waals surface area contributed by atoms with Crippen LogP contribution in [0.15, 0.2) is 42.6 Å². The summed E-state index contributed by atoms with van der Waals surface area (Å²) in [5, 5.41) is 15.5. The molecule has 1 saturated heterocycles. The van der Waals surface area contributed by atoms with Crippen LogP contribution in [-0.4, -0.2) is 28.0 Å². The monoisotopic (exact) mass is 363 g/mol. The zero-order chi connectivity index (χ0) is 18.8. The Balaban J connectivity index is 1.62. The summed E-state index contributed by atoms with van der Waals surface area (Å²) in [5.41, 5.74) is 3.16. The van der Waals surface area contributed by atoms with Crippen LogP contribution in [0.25, 0.3) is 10.9 Å². The fraction of sp³-hybridized carbons (Fsp3) is 0.300. The normalized spacial score (nSPS) is 13.9. The topological polar surface area (TPSA) is 84.2 Å². The van der Waals surface area contributed by atoms with E-state index in [9.17, 15) is 10.1 Å². The lowest BCUT2D eigenvalue weighted by molar-refractivity contribution is -0.383. The fourth-order valence-corrected chi connectivity index (χ4v) is 3.54. The van der Waals surface area contributed by atoms with Crippen LogP contribution in [0.1, 0.15) is 24.1 Å². The Bertz CT molecular complexity index is 999. The van der Waals surface area contributed by atoms with Crippen molar-refractivity contribution < 1.29 is 4.92 Å². The van der Waals surface area contributed by atoms with Crippen molar-refractivity contribution in [2.45, 2.75) is 26.3 Å². The van der Waals surface area contributed by atoms with Gasteiger partial charge in [-0.3, -0.25) is 10.1 Å². The van der Waals surface area contributed by atoms with Crippen molar-refractivity contribution >= 4 is 28.1 Å². The predicted molar refractivity (Wildman–Crippen MR) is 106 cm³/mol. The molecule has 3 aromatic rings. The van der Waals surface area contributed by atoms with Crippen LogP contribution < -0.4 is 10.2 Å². The maximum Gasteiger partial charge on any atom is 0.295 e. The molecule has 0 amide bonds. The maximum absolute atomic E-state index is 11.3. The number of nitro groups is 1. The minimum Gasteiger partial charge on any atom is -0.380 e. The summed E-state index contributed by atoms with van der Waals surface area (Å²) in [6.07, 6.45) is 4.27. The highest BCUT2D eigenvalue weighted by Crippen LogP contribution is 2.30. The first-order valence-corrected chi connectivity index (χ1v) is 9.10. The molecular weight excluding hydrogens is 342 g/mol. The van der Waals surface area contributed by atoms with Crippen molar-refractivity contribution in [3.05, 3.63) is 64.0 Å². The molecular formula is C20H21N5O2. The molecule has 27 heavy (non-hydrogen) atoms. The fourth-order valence-electron chi connectivity index (χ4n) is 3.54. The van der Waals surface area contributed by atoms with E-state index in [-0.39, 0.29) is 10.6 Å². The summed E-state index contributed by atoms with van der Waals surface area (Å²) in [6, 6.07) is 11.1. The third kappa shape index (κ3) is 3.53. The Hall–Kier alpha value is -3.22. The number of rotatable bonds is 5. The Morgan fingerprint density at radius 3 is 2.81 bits per heavy atom. The molecule has 2 aromatic heterocycles. The molecule has 1 fully saturated rings. The van der Waals surface area contributed by atoms with E-state index in [4.69, 9.17) is 0 Å². The number of aryl methyl sites for hydroxylation is 1. The molecule has 0 bridgehead atoms. The number of pyridine rings is 2. The first-order chi connectivity index (χ1) is 13.1. The summed E-state index contributed by atoms with van der Waals surface area (Å²) in [5.74, 6) is 1.01. The van der Waals surface area contributed by atoms with Crippen molar-refractivity contribution in [2.75, 3.05) is 23.3 Å². The quantitative estimate of drug-likeness (QED) is 0.544. The summed E-state index contributed by atoms with van der Waals surface area (Å²) in [6.45, 7) is 4.58. The molecule has 138 valence electrons. The smallest absolute Gasteiger partial charge is 0.295 e. The molecule has 1 aliphatic heterocycles. The van der Waals surface area contributed by atoms with Gasteiger partial charge in [0.1, 0.15) is 5.82 Å². The molecule has 0 unspecified atom stereocenters. The molecule has 1 aromatic carbocycles. The largest absolute Gasteiger partial charge is 0.380 e. The molecule has 0 atom stereocenters. The van der Waals surface area contributed by atoms with Crippen LogP contribution in [0.4, 0.5) is 17.2 Å².